The van der Waals surface area contributed by atoms with Crippen LogP contribution in [-0.2, 0) is 0 Å². The molecule has 1 atom stereocenters. The van der Waals surface area contributed by atoms with E-state index in [1.165, 1.54) is 9.99 Å². The Morgan fingerprint density at radius 1 is 1.43 bits per heavy atom. The predicted octanol–water partition coefficient (Wildman–Crippen LogP) is 2.64. The number of anilines is 1. The van der Waals surface area contributed by atoms with Crippen LogP contribution in [0.5, 0.6) is 0 Å². The number of nitrogens with one attached hydrogen (secondary N) is 1. The van der Waals surface area contributed by atoms with Gasteiger partial charge in [-0.05, 0) is 53.5 Å². The van der Waals surface area contributed by atoms with Crippen LogP contribution in [0.4, 0.5) is 5.95 Å². The minimum atomic E-state index is 0.167. The van der Waals surface area contributed by atoms with E-state index in [-0.39, 0.29) is 5.41 Å². The third-order valence-electron chi connectivity index (χ3n) is 4.16. The highest BCUT2D eigenvalue weighted by atomic mass is 127. The Morgan fingerprint density at radius 3 is 3.00 bits per heavy atom. The number of nitrogens with two attached hydrogens (primary N) is 1. The molecule has 3 rings (SSSR count). The molecule has 0 amide bonds. The van der Waals surface area contributed by atoms with Gasteiger partial charge in [0, 0.05) is 22.2 Å². The number of hydrogen-bond donors (Lipinski definition) is 2. The van der Waals surface area contributed by atoms with E-state index in [0.717, 1.165) is 36.8 Å². The van der Waals surface area contributed by atoms with Gasteiger partial charge in [0.25, 0.3) is 0 Å². The molecule has 5 nitrogen and oxygen atoms in total. The molecule has 2 heterocycles. The van der Waals surface area contributed by atoms with Crippen molar-refractivity contribution in [2.75, 3.05) is 24.5 Å². The van der Waals surface area contributed by atoms with E-state index in [1.807, 2.05) is 12.1 Å². The van der Waals surface area contributed by atoms with Crippen LogP contribution in [-0.4, -0.2) is 34.8 Å². The lowest BCUT2D eigenvalue weighted by Crippen LogP contribution is -2.46. The largest absolute Gasteiger partial charge is 0.339 e. The molecule has 1 unspecified atom stereocenters. The molecule has 3 N–H and O–H groups in total. The Hall–Kier alpha value is -1.15. The van der Waals surface area contributed by atoms with Crippen LogP contribution in [0.1, 0.15) is 19.8 Å². The second-order valence-corrected chi connectivity index (χ2v) is 7.17. The van der Waals surface area contributed by atoms with Crippen molar-refractivity contribution in [2.45, 2.75) is 19.8 Å². The van der Waals surface area contributed by atoms with Gasteiger partial charge in [0.2, 0.25) is 5.95 Å². The van der Waals surface area contributed by atoms with E-state index < -0.39 is 0 Å². The van der Waals surface area contributed by atoms with Crippen LogP contribution in [0.3, 0.4) is 0 Å². The summed E-state index contributed by atoms with van der Waals surface area (Å²) in [4.78, 5) is 6.92. The number of aromatic nitrogens is 3. The summed E-state index contributed by atoms with van der Waals surface area (Å²) < 4.78 is 1.17. The number of hydrogen-bond acceptors (Lipinski definition) is 4. The fourth-order valence-corrected chi connectivity index (χ4v) is 3.46. The quantitative estimate of drug-likeness (QED) is 0.782. The van der Waals surface area contributed by atoms with Gasteiger partial charge in [-0.3, -0.25) is 5.10 Å². The number of benzene rings is 1. The van der Waals surface area contributed by atoms with Crippen LogP contribution in [0, 0.1) is 8.99 Å². The highest BCUT2D eigenvalue weighted by Gasteiger charge is 2.31. The molecule has 1 fully saturated rings. The van der Waals surface area contributed by atoms with E-state index in [1.54, 1.807) is 0 Å². The minimum absolute atomic E-state index is 0.167. The first-order chi connectivity index (χ1) is 10.1. The zero-order valence-corrected chi connectivity index (χ0v) is 14.3. The van der Waals surface area contributed by atoms with E-state index in [2.05, 4.69) is 61.7 Å². The predicted molar refractivity (Wildman–Crippen MR) is 93.1 cm³/mol. The van der Waals surface area contributed by atoms with Crippen molar-refractivity contribution in [3.8, 4) is 11.4 Å². The molecule has 21 heavy (non-hydrogen) atoms. The number of nitrogens with zero attached hydrogens (tertiary/aromatic N) is 3. The maximum Gasteiger partial charge on any atom is 0.245 e. The van der Waals surface area contributed by atoms with E-state index in [0.29, 0.717) is 6.54 Å². The minimum Gasteiger partial charge on any atom is -0.339 e. The highest BCUT2D eigenvalue weighted by Crippen LogP contribution is 2.31. The van der Waals surface area contributed by atoms with Crippen LogP contribution < -0.4 is 10.6 Å². The third kappa shape index (κ3) is 3.06. The van der Waals surface area contributed by atoms with Gasteiger partial charge < -0.3 is 10.6 Å². The Bertz CT molecular complexity index is 626. The summed E-state index contributed by atoms with van der Waals surface area (Å²) in [5.41, 5.74) is 7.18. The number of aromatic amines is 1. The molecule has 112 valence electrons. The molecule has 0 aliphatic carbocycles. The summed E-state index contributed by atoms with van der Waals surface area (Å²) >= 11 is 2.32. The Kier molecular flexibility index (Phi) is 4.17. The summed E-state index contributed by atoms with van der Waals surface area (Å²) in [5.74, 6) is 1.61. The molecular formula is C15H20IN5. The second kappa shape index (κ2) is 5.92. The lowest BCUT2D eigenvalue weighted by molar-refractivity contribution is 0.270. The monoisotopic (exact) mass is 397 g/mol. The molecule has 0 radical (unpaired) electrons. The zero-order chi connectivity index (χ0) is 14.9. The van der Waals surface area contributed by atoms with Gasteiger partial charge >= 0.3 is 0 Å². The molecular weight excluding hydrogens is 377 g/mol. The van der Waals surface area contributed by atoms with Crippen molar-refractivity contribution in [2.24, 2.45) is 11.1 Å². The molecule has 6 heteroatoms. The van der Waals surface area contributed by atoms with Crippen LogP contribution in [0.25, 0.3) is 11.4 Å². The van der Waals surface area contributed by atoms with Crippen molar-refractivity contribution < 1.29 is 0 Å². The van der Waals surface area contributed by atoms with Crippen LogP contribution in [0.2, 0.25) is 0 Å². The molecule has 2 aromatic rings. The van der Waals surface area contributed by atoms with Gasteiger partial charge in [-0.15, -0.1) is 5.10 Å². The van der Waals surface area contributed by atoms with Crippen molar-refractivity contribution in [3.63, 3.8) is 0 Å². The van der Waals surface area contributed by atoms with E-state index in [4.69, 9.17) is 5.73 Å². The van der Waals surface area contributed by atoms with E-state index in [9.17, 15) is 0 Å². The number of halogens is 1. The zero-order valence-electron chi connectivity index (χ0n) is 12.1. The lowest BCUT2D eigenvalue weighted by Gasteiger charge is -2.39. The van der Waals surface area contributed by atoms with Gasteiger partial charge in [-0.25, -0.2) is 0 Å². The van der Waals surface area contributed by atoms with Gasteiger partial charge in [-0.2, -0.15) is 4.98 Å². The molecule has 1 saturated heterocycles. The fourth-order valence-electron chi connectivity index (χ4n) is 2.82. The average Bonchev–Trinajstić information content (AvgIpc) is 2.97. The van der Waals surface area contributed by atoms with Gasteiger partial charge in [0.1, 0.15) is 0 Å². The summed E-state index contributed by atoms with van der Waals surface area (Å²) in [6, 6.07) is 8.18. The normalized spacial score (nSPS) is 22.5. The summed E-state index contributed by atoms with van der Waals surface area (Å²) in [7, 11) is 0. The smallest absolute Gasteiger partial charge is 0.245 e. The summed E-state index contributed by atoms with van der Waals surface area (Å²) in [5, 5.41) is 7.47. The van der Waals surface area contributed by atoms with Gasteiger partial charge in [0.15, 0.2) is 5.82 Å². The molecule has 1 aliphatic heterocycles. The van der Waals surface area contributed by atoms with Crippen LogP contribution in [0.15, 0.2) is 24.3 Å². The number of piperidine rings is 1. The molecule has 1 aromatic heterocycles. The number of H-pyrrole nitrogens is 1. The van der Waals surface area contributed by atoms with E-state index >= 15 is 0 Å². The molecule has 0 spiro atoms. The second-order valence-electron chi connectivity index (χ2n) is 6.00. The maximum atomic E-state index is 5.92. The van der Waals surface area contributed by atoms with Crippen molar-refractivity contribution >= 4 is 28.5 Å². The summed E-state index contributed by atoms with van der Waals surface area (Å²) in [6.07, 6.45) is 2.31. The molecule has 1 aliphatic rings. The summed E-state index contributed by atoms with van der Waals surface area (Å²) in [6.45, 7) is 4.87. The van der Waals surface area contributed by atoms with Crippen LogP contribution >= 0.6 is 22.6 Å². The third-order valence-corrected chi connectivity index (χ3v) is 5.10. The number of rotatable bonds is 3. The highest BCUT2D eigenvalue weighted by molar-refractivity contribution is 14.1. The Balaban J connectivity index is 1.84. The standard InChI is InChI=1S/C15H20IN5/c1-15(9-17)7-4-8-21(10-15)14-18-13(19-20-14)11-5-2-3-6-12(11)16/h2-3,5-6H,4,7-10,17H2,1H3,(H,18,19,20). The molecule has 0 saturated carbocycles. The first kappa shape index (κ1) is 14.8. The molecule has 0 bridgehead atoms. The average molecular weight is 397 g/mol. The Labute approximate surface area is 138 Å². The van der Waals surface area contributed by atoms with Gasteiger partial charge in [0.05, 0.1) is 0 Å². The fraction of sp³-hybridized carbons (Fsp3) is 0.467. The van der Waals surface area contributed by atoms with Crippen molar-refractivity contribution in [3.05, 3.63) is 27.8 Å². The first-order valence-corrected chi connectivity index (χ1v) is 8.31. The van der Waals surface area contributed by atoms with Crippen molar-refractivity contribution in [1.29, 1.82) is 0 Å². The van der Waals surface area contributed by atoms with Gasteiger partial charge in [-0.1, -0.05) is 25.1 Å². The molecule has 1 aromatic carbocycles. The first-order valence-electron chi connectivity index (χ1n) is 7.24. The topological polar surface area (TPSA) is 70.8 Å². The Morgan fingerprint density at radius 2 is 2.24 bits per heavy atom. The van der Waals surface area contributed by atoms with Crippen molar-refractivity contribution in [1.82, 2.24) is 15.2 Å². The maximum absolute atomic E-state index is 5.92. The SMILES string of the molecule is CC1(CN)CCCN(c2n[nH]c(-c3ccccc3I)n2)C1. The lowest BCUT2D eigenvalue weighted by atomic mass is 9.82.